The molecule has 0 spiro atoms. The molecule has 1 saturated carbocycles. The van der Waals surface area contributed by atoms with E-state index in [0.29, 0.717) is 6.04 Å². The van der Waals surface area contributed by atoms with E-state index in [1.807, 2.05) is 18.3 Å². The topological polar surface area (TPSA) is 41.9 Å². The molecule has 0 N–H and O–H groups in total. The van der Waals surface area contributed by atoms with Crippen molar-refractivity contribution in [1.29, 1.82) is 0 Å². The Labute approximate surface area is 154 Å². The number of nitrogens with zero attached hydrogens (tertiary/aromatic N) is 4. The first-order valence-corrected chi connectivity index (χ1v) is 9.84. The zero-order valence-electron chi connectivity index (χ0n) is 15.0. The number of hydrogen-bond donors (Lipinski definition) is 0. The average molecular weight is 344 g/mol. The highest BCUT2D eigenvalue weighted by atomic mass is 15.2. The van der Waals surface area contributed by atoms with Gasteiger partial charge in [-0.3, -0.25) is 4.98 Å². The molecule has 2 aromatic heterocycles. The molecule has 1 aromatic carbocycles. The molecule has 0 amide bonds. The van der Waals surface area contributed by atoms with Crippen molar-refractivity contribution in [2.75, 3.05) is 11.4 Å². The summed E-state index contributed by atoms with van der Waals surface area (Å²) < 4.78 is 0. The molecule has 4 heteroatoms. The molecule has 1 aliphatic carbocycles. The van der Waals surface area contributed by atoms with E-state index in [4.69, 9.17) is 9.97 Å². The van der Waals surface area contributed by atoms with E-state index in [9.17, 15) is 0 Å². The molecule has 2 aliphatic rings. The van der Waals surface area contributed by atoms with Crippen LogP contribution < -0.4 is 4.90 Å². The molecule has 132 valence electrons. The van der Waals surface area contributed by atoms with Crippen molar-refractivity contribution in [3.05, 3.63) is 48.8 Å². The molecule has 1 aliphatic heterocycles. The van der Waals surface area contributed by atoms with Crippen LogP contribution in [0.1, 0.15) is 38.5 Å². The van der Waals surface area contributed by atoms with Crippen LogP contribution >= 0.6 is 0 Å². The van der Waals surface area contributed by atoms with Crippen LogP contribution in [0.25, 0.3) is 22.3 Å². The number of piperidine rings is 1. The minimum Gasteiger partial charge on any atom is -0.353 e. The Morgan fingerprint density at radius 1 is 0.885 bits per heavy atom. The minimum absolute atomic E-state index is 0.637. The predicted octanol–water partition coefficient (Wildman–Crippen LogP) is 4.85. The average Bonchev–Trinajstić information content (AvgIpc) is 2.73. The third-order valence-electron chi connectivity index (χ3n) is 6.02. The zero-order chi connectivity index (χ0) is 17.3. The van der Waals surface area contributed by atoms with Crippen molar-refractivity contribution >= 4 is 16.7 Å². The third kappa shape index (κ3) is 2.74. The number of fused-ring (bicyclic) bond motifs is 2. The van der Waals surface area contributed by atoms with E-state index < -0.39 is 0 Å². The number of benzene rings is 1. The zero-order valence-corrected chi connectivity index (χ0v) is 15.0. The van der Waals surface area contributed by atoms with Gasteiger partial charge in [0.1, 0.15) is 5.82 Å². The highest BCUT2D eigenvalue weighted by Crippen LogP contribution is 2.39. The van der Waals surface area contributed by atoms with Gasteiger partial charge < -0.3 is 4.90 Å². The molecular weight excluding hydrogens is 320 g/mol. The summed E-state index contributed by atoms with van der Waals surface area (Å²) in [5.41, 5.74) is 2.01. The molecule has 3 aromatic rings. The molecule has 4 nitrogen and oxygen atoms in total. The van der Waals surface area contributed by atoms with E-state index in [1.54, 1.807) is 6.20 Å². The Bertz CT molecular complexity index is 906. The van der Waals surface area contributed by atoms with Crippen molar-refractivity contribution < 1.29 is 0 Å². The van der Waals surface area contributed by atoms with Crippen LogP contribution in [0.5, 0.6) is 0 Å². The number of hydrogen-bond acceptors (Lipinski definition) is 4. The van der Waals surface area contributed by atoms with Crippen LogP contribution in [0.15, 0.2) is 48.8 Å². The normalized spacial score (nSPS) is 23.0. The molecule has 0 unspecified atom stereocenters. The van der Waals surface area contributed by atoms with Gasteiger partial charge in [0.15, 0.2) is 5.82 Å². The maximum absolute atomic E-state index is 5.06. The second kappa shape index (κ2) is 6.67. The SMILES string of the molecule is c1cncc(-c2nc(N3CCC[C@@H]4CCCC[C@@H]43)c3ccccc3n2)c1. The molecule has 1 saturated heterocycles. The first-order valence-electron chi connectivity index (χ1n) is 9.84. The van der Waals surface area contributed by atoms with Crippen molar-refractivity contribution in [2.24, 2.45) is 5.92 Å². The fourth-order valence-electron chi connectivity index (χ4n) is 4.79. The van der Waals surface area contributed by atoms with E-state index >= 15 is 0 Å². The van der Waals surface area contributed by atoms with Gasteiger partial charge in [0.05, 0.1) is 5.52 Å². The van der Waals surface area contributed by atoms with Crippen LogP contribution in [-0.4, -0.2) is 27.5 Å². The maximum Gasteiger partial charge on any atom is 0.163 e. The first-order chi connectivity index (χ1) is 12.9. The van der Waals surface area contributed by atoms with Crippen LogP contribution in [0.2, 0.25) is 0 Å². The lowest BCUT2D eigenvalue weighted by atomic mass is 9.78. The Morgan fingerprint density at radius 2 is 1.77 bits per heavy atom. The third-order valence-corrected chi connectivity index (χ3v) is 6.02. The minimum atomic E-state index is 0.637. The second-order valence-electron chi connectivity index (χ2n) is 7.58. The van der Waals surface area contributed by atoms with Gasteiger partial charge in [0.25, 0.3) is 0 Å². The summed E-state index contributed by atoms with van der Waals surface area (Å²) in [5.74, 6) is 2.73. The summed E-state index contributed by atoms with van der Waals surface area (Å²) in [4.78, 5) is 16.7. The molecule has 3 heterocycles. The smallest absolute Gasteiger partial charge is 0.163 e. The standard InChI is InChI=1S/C22H24N4/c1-4-12-20-16(7-1)9-6-14-26(20)22-18-10-2-3-11-19(18)24-21(25-22)17-8-5-13-23-15-17/h2-3,5,8,10-11,13,15-16,20H,1,4,6-7,9,12,14H2/t16-,20-/m0/s1. The van der Waals surface area contributed by atoms with Crippen molar-refractivity contribution in [3.8, 4) is 11.4 Å². The lowest BCUT2D eigenvalue weighted by molar-refractivity contribution is 0.243. The van der Waals surface area contributed by atoms with Gasteiger partial charge in [-0.1, -0.05) is 25.0 Å². The van der Waals surface area contributed by atoms with Gasteiger partial charge in [-0.15, -0.1) is 0 Å². The molecule has 2 atom stereocenters. The second-order valence-corrected chi connectivity index (χ2v) is 7.58. The Hall–Kier alpha value is -2.49. The maximum atomic E-state index is 5.06. The van der Waals surface area contributed by atoms with Gasteiger partial charge in [-0.2, -0.15) is 0 Å². The van der Waals surface area contributed by atoms with Gasteiger partial charge in [-0.25, -0.2) is 9.97 Å². The largest absolute Gasteiger partial charge is 0.353 e. The van der Waals surface area contributed by atoms with E-state index in [0.717, 1.165) is 35.2 Å². The van der Waals surface area contributed by atoms with Gasteiger partial charge in [-0.05, 0) is 55.9 Å². The molecule has 5 rings (SSSR count). The number of anilines is 1. The molecule has 2 fully saturated rings. The van der Waals surface area contributed by atoms with E-state index in [1.165, 1.54) is 43.9 Å². The summed E-state index contributed by atoms with van der Waals surface area (Å²) in [6.07, 6.45) is 11.7. The van der Waals surface area contributed by atoms with Gasteiger partial charge in [0.2, 0.25) is 0 Å². The monoisotopic (exact) mass is 344 g/mol. The molecular formula is C22H24N4. The fourth-order valence-corrected chi connectivity index (χ4v) is 4.79. The number of rotatable bonds is 2. The summed E-state index contributed by atoms with van der Waals surface area (Å²) >= 11 is 0. The van der Waals surface area contributed by atoms with Crippen LogP contribution in [0.4, 0.5) is 5.82 Å². The van der Waals surface area contributed by atoms with E-state index in [2.05, 4.69) is 34.1 Å². The van der Waals surface area contributed by atoms with Crippen LogP contribution in [-0.2, 0) is 0 Å². The van der Waals surface area contributed by atoms with Gasteiger partial charge in [0, 0.05) is 35.9 Å². The first kappa shape index (κ1) is 15.7. The summed E-state index contributed by atoms with van der Waals surface area (Å²) in [6.45, 7) is 1.11. The lowest BCUT2D eigenvalue weighted by Crippen LogP contribution is -2.47. The Morgan fingerprint density at radius 3 is 2.69 bits per heavy atom. The number of para-hydroxylation sites is 1. The Balaban J connectivity index is 1.66. The van der Waals surface area contributed by atoms with Crippen LogP contribution in [0.3, 0.4) is 0 Å². The lowest BCUT2D eigenvalue weighted by Gasteiger charge is -2.45. The summed E-state index contributed by atoms with van der Waals surface area (Å²) in [6, 6.07) is 13.1. The van der Waals surface area contributed by atoms with Crippen LogP contribution in [0, 0.1) is 5.92 Å². The fraction of sp³-hybridized carbons (Fsp3) is 0.409. The highest BCUT2D eigenvalue weighted by Gasteiger charge is 2.34. The number of pyridine rings is 1. The quantitative estimate of drug-likeness (QED) is 0.666. The van der Waals surface area contributed by atoms with Crippen molar-refractivity contribution in [1.82, 2.24) is 15.0 Å². The Kier molecular flexibility index (Phi) is 4.04. The van der Waals surface area contributed by atoms with Gasteiger partial charge >= 0.3 is 0 Å². The molecule has 26 heavy (non-hydrogen) atoms. The van der Waals surface area contributed by atoms with E-state index in [-0.39, 0.29) is 0 Å². The predicted molar refractivity (Wildman–Crippen MR) is 105 cm³/mol. The molecule has 0 bridgehead atoms. The number of aromatic nitrogens is 3. The highest BCUT2D eigenvalue weighted by molar-refractivity contribution is 5.91. The molecule has 0 radical (unpaired) electrons. The van der Waals surface area contributed by atoms with Crippen molar-refractivity contribution in [2.45, 2.75) is 44.6 Å². The summed E-state index contributed by atoms with van der Waals surface area (Å²) in [7, 11) is 0. The van der Waals surface area contributed by atoms with Crippen molar-refractivity contribution in [3.63, 3.8) is 0 Å². The summed E-state index contributed by atoms with van der Waals surface area (Å²) in [5, 5.41) is 1.17.